The Balaban J connectivity index is 1.39. The molecule has 3 N–H and O–H groups in total. The molecule has 2 aliphatic heterocycles. The number of carboxylic acid groups (broad SMARTS) is 2. The first-order valence-electron chi connectivity index (χ1n) is 10.7. The van der Waals surface area contributed by atoms with Gasteiger partial charge in [-0.3, -0.25) is 19.3 Å². The number of nitrogens with one attached hydrogen (secondary N) is 1. The third-order valence-electron chi connectivity index (χ3n) is 5.57. The van der Waals surface area contributed by atoms with Crippen LogP contribution in [0.25, 0.3) is 0 Å². The Bertz CT molecular complexity index is 1180. The highest BCUT2D eigenvalue weighted by molar-refractivity contribution is 8.01. The fraction of sp³-hybridized carbons (Fsp3) is 0.429. The maximum atomic E-state index is 12.8. The van der Waals surface area contributed by atoms with Crippen LogP contribution in [0.2, 0.25) is 0 Å². The second-order valence-electron chi connectivity index (χ2n) is 7.96. The van der Waals surface area contributed by atoms with Crippen molar-refractivity contribution in [2.75, 3.05) is 11.5 Å². The standard InChI is InChI=1S/C21H23N5O6S3/c1-25-13(5-2-6-15(28)29)23-24-21(25)35-10-11-9-34-19-16(18(30)26(19)17(11)20(31)32)22-14(27)8-12-4-3-7-33-12/h3-4,7,16,19H,2,5-6,8-10H2,1H3,(H,22,27)(H,28,29)(H,31,32)/t16?,19-/m0/s1. The van der Waals surface area contributed by atoms with Crippen molar-refractivity contribution in [3.05, 3.63) is 39.5 Å². The molecule has 0 bridgehead atoms. The number of aromatic nitrogens is 3. The van der Waals surface area contributed by atoms with Gasteiger partial charge in [0.25, 0.3) is 5.91 Å². The summed E-state index contributed by atoms with van der Waals surface area (Å²) in [7, 11) is 1.78. The number of fused-ring (bicyclic) bond motifs is 1. The molecule has 1 unspecified atom stereocenters. The molecule has 4 heterocycles. The number of hydrogen-bond donors (Lipinski definition) is 3. The molecule has 14 heteroatoms. The van der Waals surface area contributed by atoms with E-state index in [2.05, 4.69) is 15.5 Å². The molecule has 11 nitrogen and oxygen atoms in total. The van der Waals surface area contributed by atoms with Gasteiger partial charge in [0.2, 0.25) is 5.91 Å². The Morgan fingerprint density at radius 3 is 2.77 bits per heavy atom. The van der Waals surface area contributed by atoms with Gasteiger partial charge in [0.1, 0.15) is 22.9 Å². The number of carbonyl (C=O) groups is 4. The van der Waals surface area contributed by atoms with E-state index in [0.717, 1.165) is 4.88 Å². The number of rotatable bonds is 11. The number of amides is 2. The van der Waals surface area contributed by atoms with Crippen LogP contribution in [0.1, 0.15) is 23.5 Å². The van der Waals surface area contributed by atoms with Crippen LogP contribution in [-0.2, 0) is 39.1 Å². The van der Waals surface area contributed by atoms with Crippen LogP contribution in [-0.4, -0.2) is 76.6 Å². The summed E-state index contributed by atoms with van der Waals surface area (Å²) < 4.78 is 1.76. The van der Waals surface area contributed by atoms with Gasteiger partial charge in [-0.05, 0) is 23.4 Å². The normalized spacial score (nSPS) is 19.3. The van der Waals surface area contributed by atoms with E-state index in [4.69, 9.17) is 5.11 Å². The number of nitrogens with zero attached hydrogens (tertiary/aromatic N) is 4. The maximum Gasteiger partial charge on any atom is 0.352 e. The van der Waals surface area contributed by atoms with E-state index in [9.17, 15) is 24.3 Å². The predicted octanol–water partition coefficient (Wildman–Crippen LogP) is 1.36. The van der Waals surface area contributed by atoms with E-state index >= 15 is 0 Å². The van der Waals surface area contributed by atoms with Crippen molar-refractivity contribution in [3.63, 3.8) is 0 Å². The summed E-state index contributed by atoms with van der Waals surface area (Å²) in [6, 6.07) is 2.95. The van der Waals surface area contributed by atoms with Gasteiger partial charge in [0, 0.05) is 36.3 Å². The Morgan fingerprint density at radius 1 is 1.29 bits per heavy atom. The van der Waals surface area contributed by atoms with Gasteiger partial charge in [-0.15, -0.1) is 33.3 Å². The number of carboxylic acids is 2. The number of thioether (sulfide) groups is 2. The molecule has 35 heavy (non-hydrogen) atoms. The number of aliphatic carboxylic acids is 2. The number of aryl methyl sites for hydroxylation is 1. The van der Waals surface area contributed by atoms with Crippen LogP contribution in [0.3, 0.4) is 0 Å². The minimum absolute atomic E-state index is 0.0427. The number of β-lactam (4-membered cyclic amide) rings is 1. The van der Waals surface area contributed by atoms with Crippen LogP contribution in [0, 0.1) is 0 Å². The van der Waals surface area contributed by atoms with Crippen LogP contribution in [0.4, 0.5) is 0 Å². The molecule has 0 radical (unpaired) electrons. The Hall–Kier alpha value is -2.84. The fourth-order valence-corrected chi connectivity index (χ4v) is 6.95. The van der Waals surface area contributed by atoms with Gasteiger partial charge in [-0.25, -0.2) is 4.79 Å². The molecular formula is C21H23N5O6S3. The average molecular weight is 538 g/mol. The average Bonchev–Trinajstić information content (AvgIpc) is 3.45. The second-order valence-corrected chi connectivity index (χ2v) is 11.0. The molecule has 4 rings (SSSR count). The van der Waals surface area contributed by atoms with E-state index in [1.54, 1.807) is 11.6 Å². The lowest BCUT2D eigenvalue weighted by Gasteiger charge is -2.49. The molecule has 2 aromatic rings. The molecule has 2 amide bonds. The molecule has 2 aliphatic rings. The first-order chi connectivity index (χ1) is 16.8. The molecule has 0 saturated carbocycles. The Kier molecular flexibility index (Phi) is 7.82. The zero-order valence-corrected chi connectivity index (χ0v) is 21.1. The highest BCUT2D eigenvalue weighted by atomic mass is 32.2. The van der Waals surface area contributed by atoms with Crippen molar-refractivity contribution in [3.8, 4) is 0 Å². The molecule has 2 atom stereocenters. The molecule has 186 valence electrons. The van der Waals surface area contributed by atoms with Gasteiger partial charge in [-0.1, -0.05) is 17.8 Å². The third kappa shape index (κ3) is 5.54. The first-order valence-corrected chi connectivity index (χ1v) is 13.6. The fourth-order valence-electron chi connectivity index (χ4n) is 3.83. The number of thiophene rings is 1. The molecular weight excluding hydrogens is 514 g/mol. The minimum Gasteiger partial charge on any atom is -0.481 e. The van der Waals surface area contributed by atoms with Crippen molar-refractivity contribution in [2.24, 2.45) is 7.05 Å². The summed E-state index contributed by atoms with van der Waals surface area (Å²) in [6.07, 6.45) is 1.14. The van der Waals surface area contributed by atoms with Crippen LogP contribution < -0.4 is 5.32 Å². The quantitative estimate of drug-likeness (QED) is 0.283. The van der Waals surface area contributed by atoms with Crippen molar-refractivity contribution in [2.45, 2.75) is 42.3 Å². The molecule has 0 aromatic carbocycles. The summed E-state index contributed by atoms with van der Waals surface area (Å²) in [4.78, 5) is 50.1. The van der Waals surface area contributed by atoms with Crippen molar-refractivity contribution >= 4 is 58.6 Å². The van der Waals surface area contributed by atoms with Gasteiger partial charge in [0.05, 0.1) is 6.42 Å². The summed E-state index contributed by atoms with van der Waals surface area (Å²) in [5.41, 5.74) is 0.551. The van der Waals surface area contributed by atoms with Crippen molar-refractivity contribution < 1.29 is 29.4 Å². The van der Waals surface area contributed by atoms with E-state index in [0.29, 0.717) is 40.9 Å². The lowest BCUT2D eigenvalue weighted by molar-refractivity contribution is -0.150. The number of hydrogen-bond acceptors (Lipinski definition) is 9. The highest BCUT2D eigenvalue weighted by Gasteiger charge is 2.54. The van der Waals surface area contributed by atoms with E-state index in [1.165, 1.54) is 39.8 Å². The zero-order chi connectivity index (χ0) is 25.1. The zero-order valence-electron chi connectivity index (χ0n) is 18.7. The third-order valence-corrected chi connectivity index (χ3v) is 8.90. The number of carbonyl (C=O) groups excluding carboxylic acids is 2. The summed E-state index contributed by atoms with van der Waals surface area (Å²) in [6.45, 7) is 0. The topological polar surface area (TPSA) is 155 Å². The van der Waals surface area contributed by atoms with E-state index in [1.807, 2.05) is 17.5 Å². The largest absolute Gasteiger partial charge is 0.481 e. The molecule has 0 aliphatic carbocycles. The maximum absolute atomic E-state index is 12.8. The summed E-state index contributed by atoms with van der Waals surface area (Å²) in [5, 5.41) is 31.6. The highest BCUT2D eigenvalue weighted by Crippen LogP contribution is 2.41. The van der Waals surface area contributed by atoms with Gasteiger partial charge in [-0.2, -0.15) is 0 Å². The second kappa shape index (κ2) is 10.8. The summed E-state index contributed by atoms with van der Waals surface area (Å²) >= 11 is 4.19. The van der Waals surface area contributed by atoms with Crippen molar-refractivity contribution in [1.29, 1.82) is 0 Å². The molecule has 1 saturated heterocycles. The van der Waals surface area contributed by atoms with Crippen LogP contribution in [0.15, 0.2) is 33.9 Å². The van der Waals surface area contributed by atoms with Crippen molar-refractivity contribution in [1.82, 2.24) is 25.0 Å². The smallest absolute Gasteiger partial charge is 0.352 e. The monoisotopic (exact) mass is 537 g/mol. The summed E-state index contributed by atoms with van der Waals surface area (Å²) in [5.74, 6) is -1.39. The molecule has 1 fully saturated rings. The van der Waals surface area contributed by atoms with Gasteiger partial charge in [0.15, 0.2) is 5.16 Å². The lowest BCUT2D eigenvalue weighted by Crippen LogP contribution is -2.70. The van der Waals surface area contributed by atoms with Crippen LogP contribution in [0.5, 0.6) is 0 Å². The lowest BCUT2D eigenvalue weighted by atomic mass is 10.0. The van der Waals surface area contributed by atoms with Gasteiger partial charge < -0.3 is 20.1 Å². The Labute approximate surface area is 213 Å². The molecule has 0 spiro atoms. The first kappa shape index (κ1) is 25.3. The van der Waals surface area contributed by atoms with Crippen LogP contribution >= 0.6 is 34.9 Å². The Morgan fingerprint density at radius 2 is 2.09 bits per heavy atom. The van der Waals surface area contributed by atoms with Gasteiger partial charge >= 0.3 is 11.9 Å². The predicted molar refractivity (Wildman–Crippen MR) is 130 cm³/mol. The SMILES string of the molecule is Cn1c(CCCC(=O)O)nnc1SCC1=C(C(=O)O)N2C(=O)C(NC(=O)Cc3cccs3)[C@@H]2SC1. The molecule has 2 aromatic heterocycles. The minimum atomic E-state index is -1.19. The van der Waals surface area contributed by atoms with E-state index < -0.39 is 29.3 Å². The van der Waals surface area contributed by atoms with E-state index in [-0.39, 0.29) is 24.4 Å².